The molecule has 0 spiro atoms. The Kier molecular flexibility index (Phi) is 5.71. The number of ether oxygens (including phenoxy) is 1. The molecule has 0 aliphatic heterocycles. The third kappa shape index (κ3) is 4.25. The second-order valence-electron chi connectivity index (χ2n) is 6.20. The Hall–Kier alpha value is -2.93. The molecule has 0 saturated carbocycles. The van der Waals surface area contributed by atoms with Gasteiger partial charge in [-0.3, -0.25) is 4.99 Å². The van der Waals surface area contributed by atoms with Crippen molar-refractivity contribution in [2.45, 2.75) is 19.4 Å². The molecule has 1 atom stereocenters. The molecule has 3 aromatic rings. The van der Waals surface area contributed by atoms with Crippen LogP contribution in [0.25, 0.3) is 10.9 Å². The molecule has 142 valence electrons. The predicted molar refractivity (Wildman–Crippen MR) is 103 cm³/mol. The van der Waals surface area contributed by atoms with E-state index in [1.165, 1.54) is 30.5 Å². The normalized spacial score (nSPS) is 12.7. The summed E-state index contributed by atoms with van der Waals surface area (Å²) in [4.78, 5) is 6.96. The quantitative estimate of drug-likeness (QED) is 0.524. The Morgan fingerprint density at radius 2 is 2.07 bits per heavy atom. The lowest BCUT2D eigenvalue weighted by Gasteiger charge is -2.17. The summed E-state index contributed by atoms with van der Waals surface area (Å²) in [5, 5.41) is 13.6. The van der Waals surface area contributed by atoms with Crippen molar-refractivity contribution in [2.24, 2.45) is 4.99 Å². The largest absolute Gasteiger partial charge is 0.494 e. The first-order valence-electron chi connectivity index (χ1n) is 8.61. The van der Waals surface area contributed by atoms with Crippen LogP contribution in [0, 0.1) is 11.6 Å². The first kappa shape index (κ1) is 18.8. The number of aromatic nitrogens is 1. The summed E-state index contributed by atoms with van der Waals surface area (Å²) in [5.74, 6) is -0.976. The Morgan fingerprint density at radius 3 is 2.78 bits per heavy atom. The van der Waals surface area contributed by atoms with Crippen molar-refractivity contribution < 1.29 is 18.6 Å². The van der Waals surface area contributed by atoms with Gasteiger partial charge in [0.15, 0.2) is 5.88 Å². The molecule has 2 aromatic carbocycles. The number of anilines is 1. The maximum atomic E-state index is 14.4. The Morgan fingerprint density at radius 1 is 1.26 bits per heavy atom. The molecule has 0 saturated heterocycles. The van der Waals surface area contributed by atoms with Crippen molar-refractivity contribution in [3.8, 4) is 5.88 Å². The molecular weight excluding hydrogens is 352 g/mol. The van der Waals surface area contributed by atoms with E-state index in [9.17, 15) is 13.9 Å². The lowest BCUT2D eigenvalue weighted by atomic mass is 10.2. The molecule has 0 radical (unpaired) electrons. The molecule has 5 nitrogen and oxygen atoms in total. The zero-order valence-corrected chi connectivity index (χ0v) is 15.1. The van der Waals surface area contributed by atoms with Gasteiger partial charge in [0.2, 0.25) is 0 Å². The van der Waals surface area contributed by atoms with Gasteiger partial charge >= 0.3 is 0 Å². The average molecular weight is 373 g/mol. The number of benzene rings is 2. The highest BCUT2D eigenvalue weighted by atomic mass is 19.1. The number of halogens is 2. The van der Waals surface area contributed by atoms with Crippen molar-refractivity contribution in [3.63, 3.8) is 0 Å². The second kappa shape index (κ2) is 8.18. The van der Waals surface area contributed by atoms with Gasteiger partial charge in [-0.15, -0.1) is 0 Å². The minimum absolute atomic E-state index is 0.0110. The smallest absolute Gasteiger partial charge is 0.198 e. The van der Waals surface area contributed by atoms with Gasteiger partial charge in [-0.1, -0.05) is 6.92 Å². The van der Waals surface area contributed by atoms with Gasteiger partial charge in [-0.05, 0) is 36.8 Å². The van der Waals surface area contributed by atoms with Crippen LogP contribution >= 0.6 is 0 Å². The third-order valence-corrected chi connectivity index (χ3v) is 4.30. The molecule has 7 heteroatoms. The van der Waals surface area contributed by atoms with Crippen molar-refractivity contribution >= 4 is 28.5 Å². The number of hydrogen-bond acceptors (Lipinski definition) is 4. The van der Waals surface area contributed by atoms with Gasteiger partial charge in [0.1, 0.15) is 11.6 Å². The van der Waals surface area contributed by atoms with Crippen molar-refractivity contribution in [1.82, 2.24) is 4.98 Å². The zero-order chi connectivity index (χ0) is 19.4. The number of methoxy groups -OCH3 is 1. The number of aliphatic imine (C=N–C) groups is 1. The first-order valence-corrected chi connectivity index (χ1v) is 8.61. The molecule has 3 rings (SSSR count). The number of hydrogen-bond donors (Lipinski definition) is 3. The Labute approximate surface area is 155 Å². The maximum absolute atomic E-state index is 14.4. The number of aromatic amines is 1. The van der Waals surface area contributed by atoms with Crippen molar-refractivity contribution in [2.75, 3.05) is 19.0 Å². The van der Waals surface area contributed by atoms with Crippen LogP contribution in [0.2, 0.25) is 0 Å². The van der Waals surface area contributed by atoms with Crippen LogP contribution in [-0.2, 0) is 4.74 Å². The number of aromatic hydroxyl groups is 1. The number of fused-ring (bicyclic) bond motifs is 1. The summed E-state index contributed by atoms with van der Waals surface area (Å²) in [6.07, 6.45) is 2.18. The monoisotopic (exact) mass is 373 g/mol. The molecule has 1 unspecified atom stereocenters. The van der Waals surface area contributed by atoms with Crippen LogP contribution in [0.1, 0.15) is 18.9 Å². The summed E-state index contributed by atoms with van der Waals surface area (Å²) < 4.78 is 32.9. The van der Waals surface area contributed by atoms with E-state index in [0.717, 1.165) is 6.42 Å². The number of rotatable bonds is 7. The number of nitrogens with one attached hydrogen (secondary N) is 2. The minimum Gasteiger partial charge on any atom is -0.494 e. The van der Waals surface area contributed by atoms with E-state index in [4.69, 9.17) is 4.74 Å². The average Bonchev–Trinajstić information content (AvgIpc) is 2.95. The lowest BCUT2D eigenvalue weighted by molar-refractivity contribution is 0.184. The minimum atomic E-state index is -0.437. The van der Waals surface area contributed by atoms with Crippen LogP contribution < -0.4 is 5.32 Å². The summed E-state index contributed by atoms with van der Waals surface area (Å²) >= 11 is 0. The molecule has 0 aliphatic carbocycles. The van der Waals surface area contributed by atoms with Crippen molar-refractivity contribution in [3.05, 3.63) is 53.6 Å². The van der Waals surface area contributed by atoms with Gasteiger partial charge < -0.3 is 20.1 Å². The predicted octanol–water partition coefficient (Wildman–Crippen LogP) is 4.74. The van der Waals surface area contributed by atoms with Crippen LogP contribution in [-0.4, -0.2) is 36.1 Å². The standard InChI is InChI=1S/C20H21F2N3O2/c1-3-13(11-27-2)24-19-7-5-14(9-17(19)22)23-10-16-15-8-12(21)4-6-18(15)25-20(16)26/h4-10,13,24-26H,3,11H2,1-2H3. The summed E-state index contributed by atoms with van der Waals surface area (Å²) in [7, 11) is 1.60. The van der Waals surface area contributed by atoms with Crippen LogP contribution in [0.4, 0.5) is 20.2 Å². The van der Waals surface area contributed by atoms with Crippen LogP contribution in [0.5, 0.6) is 5.88 Å². The van der Waals surface area contributed by atoms with E-state index >= 15 is 0 Å². The molecular formula is C20H21F2N3O2. The fraction of sp³-hybridized carbons (Fsp3) is 0.250. The van der Waals surface area contributed by atoms with E-state index < -0.39 is 11.6 Å². The van der Waals surface area contributed by atoms with Gasteiger partial charge in [0.05, 0.1) is 23.5 Å². The second-order valence-corrected chi connectivity index (χ2v) is 6.20. The summed E-state index contributed by atoms with van der Waals surface area (Å²) in [5.41, 5.74) is 1.68. The fourth-order valence-corrected chi connectivity index (χ4v) is 2.82. The van der Waals surface area contributed by atoms with E-state index in [1.807, 2.05) is 6.92 Å². The van der Waals surface area contributed by atoms with E-state index in [2.05, 4.69) is 15.3 Å². The van der Waals surface area contributed by atoms with Gasteiger partial charge in [0.25, 0.3) is 0 Å². The number of nitrogens with zero attached hydrogens (tertiary/aromatic N) is 1. The highest BCUT2D eigenvalue weighted by Crippen LogP contribution is 2.28. The van der Waals surface area contributed by atoms with E-state index in [-0.39, 0.29) is 11.9 Å². The molecule has 27 heavy (non-hydrogen) atoms. The maximum Gasteiger partial charge on any atom is 0.198 e. The SMILES string of the molecule is CCC(COC)Nc1ccc(N=Cc2c(O)[nH]c3ccc(F)cc23)cc1F. The summed E-state index contributed by atoms with van der Waals surface area (Å²) in [6.45, 7) is 2.47. The Bertz CT molecular complexity index is 969. The Balaban J connectivity index is 1.83. The van der Waals surface area contributed by atoms with E-state index in [0.29, 0.717) is 34.4 Å². The fourth-order valence-electron chi connectivity index (χ4n) is 2.82. The lowest BCUT2D eigenvalue weighted by Crippen LogP contribution is -2.24. The first-order chi connectivity index (χ1) is 13.0. The van der Waals surface area contributed by atoms with Crippen LogP contribution in [0.15, 0.2) is 41.4 Å². The van der Waals surface area contributed by atoms with Gasteiger partial charge in [0, 0.05) is 36.3 Å². The van der Waals surface area contributed by atoms with Crippen molar-refractivity contribution in [1.29, 1.82) is 0 Å². The molecule has 0 bridgehead atoms. The van der Waals surface area contributed by atoms with Gasteiger partial charge in [-0.25, -0.2) is 8.78 Å². The zero-order valence-electron chi connectivity index (χ0n) is 15.1. The van der Waals surface area contributed by atoms with Gasteiger partial charge in [-0.2, -0.15) is 0 Å². The molecule has 0 aliphatic rings. The third-order valence-electron chi connectivity index (χ3n) is 4.30. The highest BCUT2D eigenvalue weighted by Gasteiger charge is 2.11. The molecule has 1 aromatic heterocycles. The molecule has 0 amide bonds. The molecule has 1 heterocycles. The number of H-pyrrole nitrogens is 1. The topological polar surface area (TPSA) is 69.6 Å². The molecule has 3 N–H and O–H groups in total. The molecule has 0 fully saturated rings. The highest BCUT2D eigenvalue weighted by molar-refractivity contribution is 6.02. The summed E-state index contributed by atoms with van der Waals surface area (Å²) in [6, 6.07) is 8.71. The van der Waals surface area contributed by atoms with Crippen LogP contribution in [0.3, 0.4) is 0 Å². The van der Waals surface area contributed by atoms with E-state index in [1.54, 1.807) is 19.2 Å².